The molecule has 1 aliphatic rings. The number of rotatable bonds is 7. The molecule has 2 aromatic rings. The van der Waals surface area contributed by atoms with E-state index in [1.807, 2.05) is 12.1 Å². The van der Waals surface area contributed by atoms with Gasteiger partial charge in [-0.05, 0) is 50.2 Å². The quantitative estimate of drug-likeness (QED) is 0.596. The van der Waals surface area contributed by atoms with Crippen LogP contribution in [0.3, 0.4) is 0 Å². The molecule has 1 unspecified atom stereocenters. The predicted octanol–water partition coefficient (Wildman–Crippen LogP) is 3.94. The maximum absolute atomic E-state index is 10.8. The number of hydrogen-bond acceptors (Lipinski definition) is 5. The zero-order valence-corrected chi connectivity index (χ0v) is 15.0. The Labute approximate surface area is 151 Å². The van der Waals surface area contributed by atoms with Crippen LogP contribution in [-0.4, -0.2) is 36.0 Å². The highest BCUT2D eigenvalue weighted by atomic mass is 35.5. The Bertz CT molecular complexity index is 747. The summed E-state index contributed by atoms with van der Waals surface area (Å²) in [5.41, 5.74) is 0.632. The molecule has 0 saturated carbocycles. The van der Waals surface area contributed by atoms with Gasteiger partial charge in [0, 0.05) is 24.2 Å². The van der Waals surface area contributed by atoms with Gasteiger partial charge in [-0.15, -0.1) is 0 Å². The molecule has 1 atom stereocenters. The van der Waals surface area contributed by atoms with Crippen LogP contribution in [0.2, 0.25) is 5.02 Å². The number of benzene rings is 1. The van der Waals surface area contributed by atoms with Gasteiger partial charge < -0.3 is 14.6 Å². The standard InChI is InChI=1S/C18H22ClN3O3/c1-2-21-8-7-13(12-21)10-20-11-15-4-6-18(25-15)16-5-3-14(22(23)24)9-17(16)19/h3-6,9,13,20H,2,7-8,10-12H2,1H3. The summed E-state index contributed by atoms with van der Waals surface area (Å²) in [7, 11) is 0. The van der Waals surface area contributed by atoms with Crippen molar-refractivity contribution in [3.05, 3.63) is 51.2 Å². The lowest BCUT2D eigenvalue weighted by Gasteiger charge is -2.13. The fourth-order valence-electron chi connectivity index (χ4n) is 3.20. The number of likely N-dealkylation sites (tertiary alicyclic amines) is 1. The lowest BCUT2D eigenvalue weighted by Crippen LogP contribution is -2.26. The van der Waals surface area contributed by atoms with Crippen LogP contribution in [0.1, 0.15) is 19.1 Å². The molecule has 0 radical (unpaired) electrons. The van der Waals surface area contributed by atoms with E-state index < -0.39 is 4.92 Å². The van der Waals surface area contributed by atoms with Crippen molar-refractivity contribution in [2.45, 2.75) is 19.9 Å². The molecule has 7 heteroatoms. The van der Waals surface area contributed by atoms with E-state index in [4.69, 9.17) is 16.0 Å². The van der Waals surface area contributed by atoms with Crippen LogP contribution in [-0.2, 0) is 6.54 Å². The minimum Gasteiger partial charge on any atom is -0.460 e. The average molecular weight is 364 g/mol. The number of hydrogen-bond donors (Lipinski definition) is 1. The number of non-ortho nitro benzene ring substituents is 1. The average Bonchev–Trinajstić information content (AvgIpc) is 3.24. The molecule has 1 fully saturated rings. The molecule has 25 heavy (non-hydrogen) atoms. The van der Waals surface area contributed by atoms with Gasteiger partial charge in [0.05, 0.1) is 16.5 Å². The largest absolute Gasteiger partial charge is 0.460 e. The molecule has 6 nitrogen and oxygen atoms in total. The van der Waals surface area contributed by atoms with Gasteiger partial charge in [-0.2, -0.15) is 0 Å². The van der Waals surface area contributed by atoms with Gasteiger partial charge in [-0.3, -0.25) is 10.1 Å². The third kappa shape index (κ3) is 4.39. The highest BCUT2D eigenvalue weighted by Gasteiger charge is 2.20. The zero-order valence-electron chi connectivity index (χ0n) is 14.2. The summed E-state index contributed by atoms with van der Waals surface area (Å²) in [4.78, 5) is 12.8. The summed E-state index contributed by atoms with van der Waals surface area (Å²) in [5, 5.41) is 14.5. The Hall–Kier alpha value is -1.89. The Morgan fingerprint density at radius 3 is 2.92 bits per heavy atom. The highest BCUT2D eigenvalue weighted by Crippen LogP contribution is 2.32. The molecule has 0 amide bonds. The molecule has 1 aliphatic heterocycles. The summed E-state index contributed by atoms with van der Waals surface area (Å²) in [6, 6.07) is 8.15. The van der Waals surface area contributed by atoms with Gasteiger partial charge in [0.25, 0.3) is 5.69 Å². The number of halogens is 1. The van der Waals surface area contributed by atoms with Gasteiger partial charge in [0.1, 0.15) is 11.5 Å². The van der Waals surface area contributed by atoms with Crippen molar-refractivity contribution in [2.24, 2.45) is 5.92 Å². The maximum atomic E-state index is 10.8. The summed E-state index contributed by atoms with van der Waals surface area (Å²) in [5.74, 6) is 2.14. The van der Waals surface area contributed by atoms with Crippen LogP contribution in [0.25, 0.3) is 11.3 Å². The molecule has 134 valence electrons. The topological polar surface area (TPSA) is 71.5 Å². The lowest BCUT2D eigenvalue weighted by molar-refractivity contribution is -0.384. The number of nitro groups is 1. The van der Waals surface area contributed by atoms with Crippen molar-refractivity contribution in [1.29, 1.82) is 0 Å². The van der Waals surface area contributed by atoms with E-state index in [1.54, 1.807) is 6.07 Å². The number of nitrogens with zero attached hydrogens (tertiary/aromatic N) is 2. The molecule has 0 bridgehead atoms. The fourth-order valence-corrected chi connectivity index (χ4v) is 3.47. The number of furan rings is 1. The first-order valence-corrected chi connectivity index (χ1v) is 8.90. The molecule has 1 aromatic carbocycles. The van der Waals surface area contributed by atoms with E-state index in [9.17, 15) is 10.1 Å². The van der Waals surface area contributed by atoms with Gasteiger partial charge in [0.15, 0.2) is 0 Å². The van der Waals surface area contributed by atoms with E-state index in [1.165, 1.54) is 25.1 Å². The Morgan fingerprint density at radius 1 is 1.40 bits per heavy atom. The second-order valence-electron chi connectivity index (χ2n) is 6.37. The summed E-state index contributed by atoms with van der Waals surface area (Å²) >= 11 is 6.15. The first-order chi connectivity index (χ1) is 12.1. The number of nitro benzene ring substituents is 1. The third-order valence-corrected chi connectivity index (χ3v) is 4.95. The van der Waals surface area contributed by atoms with E-state index in [0.29, 0.717) is 28.8 Å². The van der Waals surface area contributed by atoms with Crippen LogP contribution >= 0.6 is 11.6 Å². The van der Waals surface area contributed by atoms with Crippen LogP contribution in [0.5, 0.6) is 0 Å². The fraction of sp³-hybridized carbons (Fsp3) is 0.444. The van der Waals surface area contributed by atoms with Gasteiger partial charge >= 0.3 is 0 Å². The van der Waals surface area contributed by atoms with Crippen molar-refractivity contribution in [2.75, 3.05) is 26.2 Å². The van der Waals surface area contributed by atoms with Crippen LogP contribution in [0.4, 0.5) is 5.69 Å². The van der Waals surface area contributed by atoms with Crippen molar-refractivity contribution in [3.8, 4) is 11.3 Å². The van der Waals surface area contributed by atoms with E-state index >= 15 is 0 Å². The van der Waals surface area contributed by atoms with Crippen molar-refractivity contribution in [1.82, 2.24) is 10.2 Å². The van der Waals surface area contributed by atoms with E-state index in [0.717, 1.165) is 25.4 Å². The molecule has 0 spiro atoms. The zero-order chi connectivity index (χ0) is 17.8. The first-order valence-electron chi connectivity index (χ1n) is 8.53. The van der Waals surface area contributed by atoms with Crippen molar-refractivity contribution in [3.63, 3.8) is 0 Å². The first kappa shape index (κ1) is 17.9. The van der Waals surface area contributed by atoms with Crippen LogP contribution in [0.15, 0.2) is 34.7 Å². The molecule has 1 N–H and O–H groups in total. The molecule has 0 aliphatic carbocycles. The normalized spacial score (nSPS) is 17.9. The minimum atomic E-state index is -0.462. The second kappa shape index (κ2) is 7.99. The Balaban J connectivity index is 1.56. The lowest BCUT2D eigenvalue weighted by atomic mass is 10.1. The molecule has 2 heterocycles. The van der Waals surface area contributed by atoms with Gasteiger partial charge in [-0.1, -0.05) is 18.5 Å². The smallest absolute Gasteiger partial charge is 0.270 e. The molecule has 1 saturated heterocycles. The molecular formula is C18H22ClN3O3. The maximum Gasteiger partial charge on any atom is 0.270 e. The minimum absolute atomic E-state index is 0.0279. The van der Waals surface area contributed by atoms with Crippen molar-refractivity contribution >= 4 is 17.3 Å². The summed E-state index contributed by atoms with van der Waals surface area (Å²) in [6.07, 6.45) is 1.24. The second-order valence-corrected chi connectivity index (χ2v) is 6.77. The van der Waals surface area contributed by atoms with Gasteiger partial charge in [-0.25, -0.2) is 0 Å². The SMILES string of the molecule is CCN1CCC(CNCc2ccc(-c3ccc([N+](=O)[O-])cc3Cl)o2)C1. The molecule has 3 rings (SSSR count). The Morgan fingerprint density at radius 2 is 2.24 bits per heavy atom. The molecule has 1 aromatic heterocycles. The van der Waals surface area contributed by atoms with Crippen LogP contribution in [0, 0.1) is 16.0 Å². The summed E-state index contributed by atoms with van der Waals surface area (Å²) in [6.45, 7) is 7.30. The molecular weight excluding hydrogens is 342 g/mol. The monoisotopic (exact) mass is 363 g/mol. The van der Waals surface area contributed by atoms with E-state index in [2.05, 4.69) is 17.1 Å². The number of nitrogens with one attached hydrogen (secondary N) is 1. The predicted molar refractivity (Wildman–Crippen MR) is 97.7 cm³/mol. The summed E-state index contributed by atoms with van der Waals surface area (Å²) < 4.78 is 5.83. The van der Waals surface area contributed by atoms with Crippen molar-refractivity contribution < 1.29 is 9.34 Å². The van der Waals surface area contributed by atoms with E-state index in [-0.39, 0.29) is 5.69 Å². The third-order valence-electron chi connectivity index (χ3n) is 4.64. The highest BCUT2D eigenvalue weighted by molar-refractivity contribution is 6.33. The van der Waals surface area contributed by atoms with Crippen LogP contribution < -0.4 is 5.32 Å². The Kier molecular flexibility index (Phi) is 5.73. The van der Waals surface area contributed by atoms with Gasteiger partial charge in [0.2, 0.25) is 0 Å².